The Morgan fingerprint density at radius 3 is 2.96 bits per heavy atom. The quantitative estimate of drug-likeness (QED) is 0.520. The topological polar surface area (TPSA) is 77.2 Å². The molecular formula is C20H20N6S. The molecule has 6 nitrogen and oxygen atoms in total. The van der Waals surface area contributed by atoms with E-state index in [1.807, 2.05) is 31.3 Å². The molecule has 1 aliphatic carbocycles. The Balaban J connectivity index is 1.47. The lowest BCUT2D eigenvalue weighted by Gasteiger charge is -2.17. The number of hydrogen-bond donors (Lipinski definition) is 1. The Morgan fingerprint density at radius 1 is 1.30 bits per heavy atom. The van der Waals surface area contributed by atoms with Crippen molar-refractivity contribution in [2.75, 3.05) is 23.9 Å². The molecule has 2 aromatic heterocycles. The lowest BCUT2D eigenvalue weighted by atomic mass is 10.2. The van der Waals surface area contributed by atoms with Gasteiger partial charge in [0.25, 0.3) is 0 Å². The number of nitriles is 1. The Morgan fingerprint density at radius 2 is 2.15 bits per heavy atom. The Kier molecular flexibility index (Phi) is 4.99. The first kappa shape index (κ1) is 17.4. The number of fused-ring (bicyclic) bond motifs is 3. The molecule has 0 bridgehead atoms. The van der Waals surface area contributed by atoms with Crippen molar-refractivity contribution in [3.63, 3.8) is 0 Å². The van der Waals surface area contributed by atoms with Gasteiger partial charge < -0.3 is 4.90 Å². The van der Waals surface area contributed by atoms with Crippen molar-refractivity contribution in [2.24, 2.45) is 5.10 Å². The maximum Gasteiger partial charge on any atom is 0.158 e. The van der Waals surface area contributed by atoms with Crippen LogP contribution in [0.5, 0.6) is 0 Å². The number of thiophene rings is 1. The molecule has 4 rings (SSSR count). The summed E-state index contributed by atoms with van der Waals surface area (Å²) in [5.74, 6) is 0.781. The molecule has 1 aromatic carbocycles. The van der Waals surface area contributed by atoms with E-state index in [9.17, 15) is 0 Å². The molecule has 0 fully saturated rings. The van der Waals surface area contributed by atoms with Gasteiger partial charge in [-0.2, -0.15) is 10.4 Å². The number of rotatable bonds is 6. The van der Waals surface area contributed by atoms with Crippen LogP contribution in [0.3, 0.4) is 0 Å². The Bertz CT molecular complexity index is 1020. The van der Waals surface area contributed by atoms with Crippen LogP contribution >= 0.6 is 11.3 Å². The fraction of sp³-hybridized carbons (Fsp3) is 0.300. The molecule has 0 aliphatic heterocycles. The van der Waals surface area contributed by atoms with Crippen molar-refractivity contribution in [3.05, 3.63) is 46.6 Å². The van der Waals surface area contributed by atoms with Crippen molar-refractivity contribution < 1.29 is 0 Å². The zero-order valence-electron chi connectivity index (χ0n) is 15.1. The first-order valence-electron chi connectivity index (χ1n) is 8.99. The van der Waals surface area contributed by atoms with E-state index in [0.29, 0.717) is 6.42 Å². The number of nitrogens with one attached hydrogen (secondary N) is 1. The van der Waals surface area contributed by atoms with E-state index in [2.05, 4.69) is 31.5 Å². The van der Waals surface area contributed by atoms with E-state index in [-0.39, 0.29) is 0 Å². The second-order valence-corrected chi connectivity index (χ2v) is 7.63. The minimum atomic E-state index is 0.517. The van der Waals surface area contributed by atoms with Gasteiger partial charge in [0.05, 0.1) is 24.1 Å². The van der Waals surface area contributed by atoms with Gasteiger partial charge in [0.1, 0.15) is 11.2 Å². The molecule has 1 N–H and O–H groups in total. The maximum atomic E-state index is 8.69. The lowest BCUT2D eigenvalue weighted by Crippen LogP contribution is -2.17. The minimum Gasteiger partial charge on any atom is -0.374 e. The van der Waals surface area contributed by atoms with E-state index in [4.69, 9.17) is 5.26 Å². The van der Waals surface area contributed by atoms with Crippen LogP contribution in [0.25, 0.3) is 10.2 Å². The number of hydrazone groups is 1. The molecule has 1 aliphatic rings. The summed E-state index contributed by atoms with van der Waals surface area (Å²) in [5, 5.41) is 14.2. The summed E-state index contributed by atoms with van der Waals surface area (Å²) in [5.41, 5.74) is 6.57. The van der Waals surface area contributed by atoms with Crippen molar-refractivity contribution in [2.45, 2.75) is 25.7 Å². The van der Waals surface area contributed by atoms with Crippen LogP contribution in [-0.4, -0.2) is 29.8 Å². The van der Waals surface area contributed by atoms with Gasteiger partial charge in [-0.05, 0) is 42.5 Å². The first-order chi connectivity index (χ1) is 13.3. The monoisotopic (exact) mass is 376 g/mol. The summed E-state index contributed by atoms with van der Waals surface area (Å²) in [4.78, 5) is 13.3. The van der Waals surface area contributed by atoms with E-state index in [0.717, 1.165) is 46.7 Å². The first-order valence-corrected chi connectivity index (χ1v) is 9.80. The van der Waals surface area contributed by atoms with Gasteiger partial charge in [0.2, 0.25) is 0 Å². The Labute approximate surface area is 162 Å². The largest absolute Gasteiger partial charge is 0.374 e. The van der Waals surface area contributed by atoms with Gasteiger partial charge in [-0.15, -0.1) is 11.3 Å². The molecule has 27 heavy (non-hydrogen) atoms. The van der Waals surface area contributed by atoms with Crippen molar-refractivity contribution >= 4 is 39.3 Å². The second-order valence-electron chi connectivity index (χ2n) is 6.55. The maximum absolute atomic E-state index is 8.69. The number of nitrogens with zero attached hydrogens (tertiary/aromatic N) is 5. The van der Waals surface area contributed by atoms with E-state index < -0.39 is 0 Å². The van der Waals surface area contributed by atoms with Gasteiger partial charge in [0, 0.05) is 24.2 Å². The van der Waals surface area contributed by atoms with Crippen molar-refractivity contribution in [1.82, 2.24) is 9.97 Å². The number of aromatic nitrogens is 2. The molecular weight excluding hydrogens is 356 g/mol. The predicted octanol–water partition coefficient (Wildman–Crippen LogP) is 3.98. The van der Waals surface area contributed by atoms with Crippen LogP contribution < -0.4 is 10.3 Å². The normalized spacial score (nSPS) is 13.0. The fourth-order valence-electron chi connectivity index (χ4n) is 3.34. The lowest BCUT2D eigenvalue weighted by molar-refractivity contribution is 0.905. The third-order valence-corrected chi connectivity index (χ3v) is 5.98. The number of benzene rings is 1. The van der Waals surface area contributed by atoms with E-state index in [1.165, 1.54) is 16.9 Å². The molecule has 3 aromatic rings. The molecule has 0 unspecified atom stereocenters. The van der Waals surface area contributed by atoms with Crippen LogP contribution in [0.2, 0.25) is 0 Å². The number of aryl methyl sites for hydroxylation is 2. The van der Waals surface area contributed by atoms with Crippen LogP contribution in [0.1, 0.15) is 28.8 Å². The highest BCUT2D eigenvalue weighted by atomic mass is 32.1. The molecule has 136 valence electrons. The standard InChI is InChI=1S/C20H20N6S/c1-26(11-3-10-21)15-8-6-14(7-9-15)12-24-25-19-18-16-4-2-5-17(16)27-20(18)23-13-22-19/h6-9,12-13H,2-5,11H2,1H3,(H,22,23,25)/b24-12-. The summed E-state index contributed by atoms with van der Waals surface area (Å²) >= 11 is 1.77. The second kappa shape index (κ2) is 7.72. The molecule has 2 heterocycles. The van der Waals surface area contributed by atoms with Crippen LogP contribution in [0, 0.1) is 11.3 Å². The molecule has 0 radical (unpaired) electrons. The van der Waals surface area contributed by atoms with Gasteiger partial charge in [0.15, 0.2) is 5.82 Å². The summed E-state index contributed by atoms with van der Waals surface area (Å²) in [6.45, 7) is 0.722. The molecule has 7 heteroatoms. The highest BCUT2D eigenvalue weighted by molar-refractivity contribution is 7.19. The SMILES string of the molecule is CN(CCC#N)c1ccc(/C=N\Nc2ncnc3sc4c(c23)CCC4)cc1. The fourth-order valence-corrected chi connectivity index (χ4v) is 4.57. The third kappa shape index (κ3) is 3.62. The average Bonchev–Trinajstić information content (AvgIpc) is 3.28. The number of hydrogen-bond acceptors (Lipinski definition) is 7. The third-order valence-electron chi connectivity index (χ3n) is 4.78. The summed E-state index contributed by atoms with van der Waals surface area (Å²) in [7, 11) is 1.99. The summed E-state index contributed by atoms with van der Waals surface area (Å²) < 4.78 is 0. The van der Waals surface area contributed by atoms with E-state index in [1.54, 1.807) is 23.9 Å². The summed E-state index contributed by atoms with van der Waals surface area (Å²) in [6.07, 6.45) is 7.36. The Hall–Kier alpha value is -2.98. The van der Waals surface area contributed by atoms with Crippen LogP contribution in [0.4, 0.5) is 11.5 Å². The number of anilines is 2. The van der Waals surface area contributed by atoms with Gasteiger partial charge in [-0.1, -0.05) is 12.1 Å². The van der Waals surface area contributed by atoms with Crippen molar-refractivity contribution in [3.8, 4) is 6.07 Å². The molecule has 0 spiro atoms. The molecule has 0 saturated carbocycles. The summed E-state index contributed by atoms with van der Waals surface area (Å²) in [6, 6.07) is 10.3. The molecule has 0 saturated heterocycles. The molecule has 0 amide bonds. The smallest absolute Gasteiger partial charge is 0.158 e. The zero-order valence-corrected chi connectivity index (χ0v) is 16.0. The highest BCUT2D eigenvalue weighted by Gasteiger charge is 2.20. The minimum absolute atomic E-state index is 0.517. The van der Waals surface area contributed by atoms with Gasteiger partial charge in [-0.25, -0.2) is 9.97 Å². The van der Waals surface area contributed by atoms with Crippen molar-refractivity contribution in [1.29, 1.82) is 5.26 Å². The molecule has 0 atom stereocenters. The van der Waals surface area contributed by atoms with Gasteiger partial charge in [-0.3, -0.25) is 5.43 Å². The van der Waals surface area contributed by atoms with E-state index >= 15 is 0 Å². The highest BCUT2D eigenvalue weighted by Crippen LogP contribution is 2.38. The van der Waals surface area contributed by atoms with Gasteiger partial charge >= 0.3 is 0 Å². The van der Waals surface area contributed by atoms with Crippen LogP contribution in [0.15, 0.2) is 35.7 Å². The average molecular weight is 376 g/mol. The van der Waals surface area contributed by atoms with Crippen LogP contribution in [-0.2, 0) is 12.8 Å². The zero-order chi connectivity index (χ0) is 18.6. The predicted molar refractivity (Wildman–Crippen MR) is 111 cm³/mol.